The van der Waals surface area contributed by atoms with Crippen molar-refractivity contribution in [2.24, 2.45) is 5.41 Å². The molecule has 0 radical (unpaired) electrons. The number of hydrogen-bond donors (Lipinski definition) is 1. The first-order valence-corrected chi connectivity index (χ1v) is 11.0. The Balaban J connectivity index is 1.35. The van der Waals surface area contributed by atoms with Gasteiger partial charge in [0.15, 0.2) is 0 Å². The van der Waals surface area contributed by atoms with Crippen molar-refractivity contribution in [1.82, 2.24) is 5.32 Å². The minimum absolute atomic E-state index is 0.0207. The molecule has 0 saturated heterocycles. The highest BCUT2D eigenvalue weighted by atomic mass is 19.3. The van der Waals surface area contributed by atoms with Gasteiger partial charge in [-0.2, -0.15) is 0 Å². The highest BCUT2D eigenvalue weighted by molar-refractivity contribution is 5.83. The second kappa shape index (κ2) is 7.93. The molecule has 1 aromatic carbocycles. The van der Waals surface area contributed by atoms with Crippen LogP contribution in [0.5, 0.6) is 5.75 Å². The first-order valence-electron chi connectivity index (χ1n) is 11.0. The fourth-order valence-electron chi connectivity index (χ4n) is 5.35. The van der Waals surface area contributed by atoms with Crippen molar-refractivity contribution in [2.45, 2.75) is 82.1 Å². The third kappa shape index (κ3) is 3.97. The molecule has 4 saturated carbocycles. The monoisotopic (exact) mass is 421 g/mol. The molecule has 6 heteroatoms. The molecule has 2 bridgehead atoms. The molecular formula is C24H30F3NO2. The summed E-state index contributed by atoms with van der Waals surface area (Å²) in [5, 5.41) is 2.88. The summed E-state index contributed by atoms with van der Waals surface area (Å²) in [7, 11) is 0. The zero-order valence-electron chi connectivity index (χ0n) is 17.5. The summed E-state index contributed by atoms with van der Waals surface area (Å²) in [5.74, 6) is -1.91. The molecule has 1 amide bonds. The van der Waals surface area contributed by atoms with E-state index in [9.17, 15) is 18.0 Å². The molecular weight excluding hydrogens is 391 g/mol. The summed E-state index contributed by atoms with van der Waals surface area (Å²) in [6, 6.07) is 7.69. The van der Waals surface area contributed by atoms with Crippen molar-refractivity contribution in [2.75, 3.05) is 6.61 Å². The number of carbonyl (C=O) groups is 1. The van der Waals surface area contributed by atoms with Gasteiger partial charge in [0.2, 0.25) is 5.91 Å². The Hall–Kier alpha value is -1.98. The Morgan fingerprint density at radius 3 is 2.20 bits per heavy atom. The van der Waals surface area contributed by atoms with E-state index in [1.807, 2.05) is 19.1 Å². The van der Waals surface area contributed by atoms with Crippen LogP contribution in [-0.4, -0.2) is 24.5 Å². The van der Waals surface area contributed by atoms with Crippen molar-refractivity contribution >= 4 is 5.91 Å². The third-order valence-electron chi connectivity index (χ3n) is 7.65. The lowest BCUT2D eigenvalue weighted by atomic mass is 9.51. The highest BCUT2D eigenvalue weighted by Gasteiger charge is 2.54. The van der Waals surface area contributed by atoms with E-state index in [4.69, 9.17) is 4.74 Å². The topological polar surface area (TPSA) is 38.3 Å². The van der Waals surface area contributed by atoms with Gasteiger partial charge in [0.1, 0.15) is 12.4 Å². The van der Waals surface area contributed by atoms with E-state index in [1.165, 1.54) is 5.56 Å². The van der Waals surface area contributed by atoms with Crippen LogP contribution in [0.4, 0.5) is 13.2 Å². The number of amides is 1. The maximum Gasteiger partial charge on any atom is 0.252 e. The van der Waals surface area contributed by atoms with Crippen molar-refractivity contribution < 1.29 is 22.7 Å². The number of carbonyl (C=O) groups excluding carboxylic acids is 1. The standard InChI is InChI=1S/C24H30F3NO2/c1-2-17(15-25)16-30-20-5-3-18(4-6-20)22-7-10-23(11-8-22,12-9-22)21(29)28-19-13-24(26,27)14-19/h3-6,15,19H,2,7-14,16H2,1H3,(H,28,29)/b17-15+. The summed E-state index contributed by atoms with van der Waals surface area (Å²) in [5.41, 5.74) is 1.58. The van der Waals surface area contributed by atoms with E-state index >= 15 is 0 Å². The molecule has 164 valence electrons. The Morgan fingerprint density at radius 1 is 1.10 bits per heavy atom. The van der Waals surface area contributed by atoms with E-state index in [0.717, 1.165) is 44.3 Å². The minimum atomic E-state index is -2.61. The number of ether oxygens (including phenoxy) is 1. The first-order chi connectivity index (χ1) is 14.3. The SMILES string of the molecule is CC/C(=C\F)COc1ccc(C23CCC(C(=O)NC4CC(F)(F)C4)(CC2)CC3)cc1. The van der Waals surface area contributed by atoms with Gasteiger partial charge in [-0.1, -0.05) is 19.1 Å². The zero-order chi connectivity index (χ0) is 21.4. The van der Waals surface area contributed by atoms with Gasteiger partial charge in [0.05, 0.1) is 6.33 Å². The van der Waals surface area contributed by atoms with Crippen LogP contribution in [-0.2, 0) is 10.2 Å². The molecule has 0 unspecified atom stereocenters. The molecule has 0 spiro atoms. The van der Waals surface area contributed by atoms with Crippen molar-refractivity contribution in [3.63, 3.8) is 0 Å². The number of fused-ring (bicyclic) bond motifs is 3. The maximum absolute atomic E-state index is 13.1. The van der Waals surface area contributed by atoms with Crippen LogP contribution in [0, 0.1) is 5.41 Å². The maximum atomic E-state index is 13.1. The summed E-state index contributed by atoms with van der Waals surface area (Å²) < 4.78 is 44.5. The van der Waals surface area contributed by atoms with Gasteiger partial charge < -0.3 is 10.1 Å². The number of benzene rings is 1. The largest absolute Gasteiger partial charge is 0.489 e. The quantitative estimate of drug-likeness (QED) is 0.601. The Kier molecular flexibility index (Phi) is 5.62. The summed E-state index contributed by atoms with van der Waals surface area (Å²) in [4.78, 5) is 12.8. The molecule has 30 heavy (non-hydrogen) atoms. The number of halogens is 3. The van der Waals surface area contributed by atoms with Crippen LogP contribution in [0.3, 0.4) is 0 Å². The second-order valence-corrected chi connectivity index (χ2v) is 9.43. The summed E-state index contributed by atoms with van der Waals surface area (Å²) in [6.45, 7) is 2.15. The van der Waals surface area contributed by atoms with E-state index in [0.29, 0.717) is 18.3 Å². The molecule has 0 aromatic heterocycles. The van der Waals surface area contributed by atoms with Crippen LogP contribution < -0.4 is 10.1 Å². The number of hydrogen-bond acceptors (Lipinski definition) is 2. The molecule has 1 N–H and O–H groups in total. The lowest BCUT2D eigenvalue weighted by Gasteiger charge is -2.53. The van der Waals surface area contributed by atoms with E-state index in [1.54, 1.807) is 0 Å². The van der Waals surface area contributed by atoms with Crippen molar-refractivity contribution in [3.8, 4) is 5.75 Å². The summed E-state index contributed by atoms with van der Waals surface area (Å²) in [6.07, 6.45) is 6.00. The van der Waals surface area contributed by atoms with Crippen LogP contribution in [0.2, 0.25) is 0 Å². The predicted molar refractivity (Wildman–Crippen MR) is 109 cm³/mol. The van der Waals surface area contributed by atoms with Gasteiger partial charge in [0.25, 0.3) is 5.92 Å². The van der Waals surface area contributed by atoms with E-state index < -0.39 is 5.92 Å². The number of alkyl halides is 2. The lowest BCUT2D eigenvalue weighted by Crippen LogP contribution is -2.57. The van der Waals surface area contributed by atoms with Crippen LogP contribution in [0.15, 0.2) is 36.2 Å². The van der Waals surface area contributed by atoms with Gasteiger partial charge in [0, 0.05) is 24.3 Å². The molecule has 0 heterocycles. The van der Waals surface area contributed by atoms with Gasteiger partial charge in [-0.25, -0.2) is 13.2 Å². The van der Waals surface area contributed by atoms with E-state index in [2.05, 4.69) is 17.4 Å². The lowest BCUT2D eigenvalue weighted by molar-refractivity contribution is -0.144. The molecule has 3 nitrogen and oxygen atoms in total. The molecule has 4 fully saturated rings. The molecule has 0 atom stereocenters. The fraction of sp³-hybridized carbons (Fsp3) is 0.625. The van der Waals surface area contributed by atoms with Gasteiger partial charge >= 0.3 is 0 Å². The predicted octanol–water partition coefficient (Wildman–Crippen LogP) is 5.83. The number of rotatable bonds is 7. The van der Waals surface area contributed by atoms with E-state index in [-0.39, 0.29) is 42.2 Å². The Labute approximate surface area is 176 Å². The normalized spacial score (nSPS) is 30.6. The Morgan fingerprint density at radius 2 is 1.70 bits per heavy atom. The van der Waals surface area contributed by atoms with Gasteiger partial charge in [-0.3, -0.25) is 4.79 Å². The summed E-state index contributed by atoms with van der Waals surface area (Å²) >= 11 is 0. The van der Waals surface area contributed by atoms with Gasteiger partial charge in [-0.15, -0.1) is 0 Å². The zero-order valence-corrected chi connectivity index (χ0v) is 17.5. The van der Waals surface area contributed by atoms with Crippen molar-refractivity contribution in [1.29, 1.82) is 0 Å². The van der Waals surface area contributed by atoms with Crippen molar-refractivity contribution in [3.05, 3.63) is 41.7 Å². The Bertz CT molecular complexity index is 786. The fourth-order valence-corrected chi connectivity index (χ4v) is 5.35. The van der Waals surface area contributed by atoms with Crippen LogP contribution >= 0.6 is 0 Å². The number of nitrogens with one attached hydrogen (secondary N) is 1. The minimum Gasteiger partial charge on any atom is -0.489 e. The van der Waals surface area contributed by atoms with Crippen LogP contribution in [0.1, 0.15) is 70.3 Å². The average molecular weight is 422 g/mol. The smallest absolute Gasteiger partial charge is 0.252 e. The van der Waals surface area contributed by atoms with Crippen LogP contribution in [0.25, 0.3) is 0 Å². The molecule has 4 aliphatic rings. The third-order valence-corrected chi connectivity index (χ3v) is 7.65. The second-order valence-electron chi connectivity index (χ2n) is 9.43. The van der Waals surface area contributed by atoms with Gasteiger partial charge in [-0.05, 0) is 73.6 Å². The molecule has 1 aromatic rings. The molecule has 0 aliphatic heterocycles. The highest BCUT2D eigenvalue weighted by Crippen LogP contribution is 2.58. The first kappa shape index (κ1) is 21.3. The average Bonchev–Trinajstić information content (AvgIpc) is 2.75. The molecule has 5 rings (SSSR count). The molecule has 4 aliphatic carbocycles.